The maximum atomic E-state index is 6.47. The van der Waals surface area contributed by atoms with E-state index >= 15 is 0 Å². The number of para-hydroxylation sites is 1. The summed E-state index contributed by atoms with van der Waals surface area (Å²) in [6.07, 6.45) is 0.561. The SMILES string of the molecule is COc1cccc2c1O[C@@H](c1ccc(C)cc1)N1N=C(c3ccccc3)C[C@@H]21. The fourth-order valence-electron chi connectivity index (χ4n) is 4.00. The van der Waals surface area contributed by atoms with Gasteiger partial charge in [0, 0.05) is 17.5 Å². The molecule has 0 unspecified atom stereocenters. The second-order valence-corrected chi connectivity index (χ2v) is 7.27. The van der Waals surface area contributed by atoms with Crippen molar-refractivity contribution in [3.8, 4) is 11.5 Å². The number of nitrogens with zero attached hydrogens (tertiary/aromatic N) is 2. The minimum Gasteiger partial charge on any atom is -0.493 e. The molecular weight excluding hydrogens is 348 g/mol. The van der Waals surface area contributed by atoms with Crippen molar-refractivity contribution in [1.29, 1.82) is 0 Å². The molecule has 4 heteroatoms. The molecule has 0 amide bonds. The Morgan fingerprint density at radius 3 is 2.50 bits per heavy atom. The maximum Gasteiger partial charge on any atom is 0.214 e. The van der Waals surface area contributed by atoms with Gasteiger partial charge < -0.3 is 9.47 Å². The first-order valence-corrected chi connectivity index (χ1v) is 9.56. The lowest BCUT2D eigenvalue weighted by Crippen LogP contribution is -2.33. The van der Waals surface area contributed by atoms with Crippen LogP contribution in [0.5, 0.6) is 11.5 Å². The third-order valence-corrected chi connectivity index (χ3v) is 5.47. The van der Waals surface area contributed by atoms with Gasteiger partial charge in [-0.1, -0.05) is 72.3 Å². The fraction of sp³-hybridized carbons (Fsp3) is 0.208. The Kier molecular flexibility index (Phi) is 4.05. The second kappa shape index (κ2) is 6.71. The first-order chi connectivity index (χ1) is 13.7. The molecular formula is C24H22N2O2. The number of aryl methyl sites for hydroxylation is 1. The quantitative estimate of drug-likeness (QED) is 0.632. The van der Waals surface area contributed by atoms with E-state index in [1.165, 1.54) is 5.56 Å². The first-order valence-electron chi connectivity index (χ1n) is 9.56. The van der Waals surface area contributed by atoms with E-state index < -0.39 is 0 Å². The van der Waals surface area contributed by atoms with Crippen LogP contribution in [-0.4, -0.2) is 17.8 Å². The highest BCUT2D eigenvalue weighted by atomic mass is 16.5. The number of hydrazone groups is 1. The summed E-state index contributed by atoms with van der Waals surface area (Å²) in [4.78, 5) is 0. The number of fused-ring (bicyclic) bond motifs is 3. The Hall–Kier alpha value is -3.27. The maximum absolute atomic E-state index is 6.47. The average molecular weight is 370 g/mol. The lowest BCUT2D eigenvalue weighted by atomic mass is 9.95. The van der Waals surface area contributed by atoms with Gasteiger partial charge in [0.05, 0.1) is 18.9 Å². The third kappa shape index (κ3) is 2.73. The van der Waals surface area contributed by atoms with Gasteiger partial charge in [0.2, 0.25) is 6.23 Å². The van der Waals surface area contributed by atoms with Crippen LogP contribution in [0.1, 0.15) is 40.9 Å². The molecule has 0 N–H and O–H groups in total. The van der Waals surface area contributed by atoms with Crippen LogP contribution in [0.2, 0.25) is 0 Å². The van der Waals surface area contributed by atoms with Crippen molar-refractivity contribution in [2.24, 2.45) is 5.10 Å². The van der Waals surface area contributed by atoms with Crippen molar-refractivity contribution in [3.05, 3.63) is 95.1 Å². The molecule has 4 nitrogen and oxygen atoms in total. The highest BCUT2D eigenvalue weighted by Gasteiger charge is 2.42. The van der Waals surface area contributed by atoms with Gasteiger partial charge in [-0.3, -0.25) is 0 Å². The molecule has 2 heterocycles. The molecule has 28 heavy (non-hydrogen) atoms. The molecule has 2 aliphatic rings. The van der Waals surface area contributed by atoms with Gasteiger partial charge in [-0.15, -0.1) is 0 Å². The number of rotatable bonds is 3. The minimum atomic E-state index is -0.282. The fourth-order valence-corrected chi connectivity index (χ4v) is 4.00. The molecule has 3 aromatic rings. The van der Waals surface area contributed by atoms with Gasteiger partial charge in [0.15, 0.2) is 11.5 Å². The molecule has 0 radical (unpaired) electrons. The van der Waals surface area contributed by atoms with Crippen molar-refractivity contribution in [2.75, 3.05) is 7.11 Å². The van der Waals surface area contributed by atoms with Crippen molar-refractivity contribution < 1.29 is 9.47 Å². The summed E-state index contributed by atoms with van der Waals surface area (Å²) in [7, 11) is 1.69. The first kappa shape index (κ1) is 16.9. The van der Waals surface area contributed by atoms with Crippen molar-refractivity contribution >= 4 is 5.71 Å². The van der Waals surface area contributed by atoms with Gasteiger partial charge >= 0.3 is 0 Å². The van der Waals surface area contributed by atoms with E-state index in [1.807, 2.05) is 18.2 Å². The van der Waals surface area contributed by atoms with E-state index in [9.17, 15) is 0 Å². The van der Waals surface area contributed by atoms with Crippen LogP contribution in [-0.2, 0) is 0 Å². The van der Waals surface area contributed by atoms with Crippen LogP contribution >= 0.6 is 0 Å². The summed E-state index contributed by atoms with van der Waals surface area (Å²) in [5.41, 5.74) is 5.68. The molecule has 140 valence electrons. The summed E-state index contributed by atoms with van der Waals surface area (Å²) in [5.74, 6) is 1.59. The third-order valence-electron chi connectivity index (χ3n) is 5.47. The normalized spacial score (nSPS) is 20.1. The Morgan fingerprint density at radius 2 is 1.75 bits per heavy atom. The largest absolute Gasteiger partial charge is 0.493 e. The molecule has 0 aliphatic carbocycles. The van der Waals surface area contributed by atoms with E-state index in [4.69, 9.17) is 14.6 Å². The average Bonchev–Trinajstić information content (AvgIpc) is 3.20. The Bertz CT molecular complexity index is 1030. The zero-order valence-corrected chi connectivity index (χ0v) is 16.0. The number of hydrogen-bond donors (Lipinski definition) is 0. The van der Waals surface area contributed by atoms with Crippen LogP contribution in [0.4, 0.5) is 0 Å². The summed E-state index contributed by atoms with van der Waals surface area (Å²) < 4.78 is 12.1. The van der Waals surface area contributed by atoms with Crippen LogP contribution in [0.15, 0.2) is 77.9 Å². The predicted molar refractivity (Wildman–Crippen MR) is 110 cm³/mol. The zero-order valence-electron chi connectivity index (χ0n) is 16.0. The standard InChI is InChI=1S/C24H22N2O2/c1-16-11-13-18(14-12-16)24-26-21(15-20(25-26)17-7-4-3-5-8-17)19-9-6-10-22(27-2)23(19)28-24/h3-14,21,24H,15H2,1-2H3/t21-,24-/m0/s1. The van der Waals surface area contributed by atoms with Crippen molar-refractivity contribution in [2.45, 2.75) is 25.6 Å². The van der Waals surface area contributed by atoms with E-state index in [0.29, 0.717) is 0 Å². The van der Waals surface area contributed by atoms with E-state index in [-0.39, 0.29) is 12.3 Å². The molecule has 0 bridgehead atoms. The topological polar surface area (TPSA) is 34.1 Å². The van der Waals surface area contributed by atoms with Gasteiger partial charge in [-0.25, -0.2) is 5.01 Å². The Labute approximate surface area is 165 Å². The molecule has 2 aliphatic heterocycles. The van der Waals surface area contributed by atoms with Gasteiger partial charge in [0.25, 0.3) is 0 Å². The monoisotopic (exact) mass is 370 g/mol. The summed E-state index contributed by atoms with van der Waals surface area (Å²) in [5, 5.41) is 7.11. The lowest BCUT2D eigenvalue weighted by Gasteiger charge is -2.38. The summed E-state index contributed by atoms with van der Waals surface area (Å²) >= 11 is 0. The summed E-state index contributed by atoms with van der Waals surface area (Å²) in [6, 6.07) is 25.1. The van der Waals surface area contributed by atoms with E-state index in [1.54, 1.807) is 7.11 Å². The number of methoxy groups -OCH3 is 1. The Morgan fingerprint density at radius 1 is 0.964 bits per heavy atom. The number of benzene rings is 3. The molecule has 0 spiro atoms. The molecule has 5 rings (SSSR count). The van der Waals surface area contributed by atoms with E-state index in [0.717, 1.165) is 40.3 Å². The number of ether oxygens (including phenoxy) is 2. The van der Waals surface area contributed by atoms with Gasteiger partial charge in [0.1, 0.15) is 0 Å². The van der Waals surface area contributed by atoms with Crippen molar-refractivity contribution in [3.63, 3.8) is 0 Å². The molecule has 0 saturated carbocycles. The van der Waals surface area contributed by atoms with Crippen LogP contribution in [0.3, 0.4) is 0 Å². The molecule has 2 atom stereocenters. The second-order valence-electron chi connectivity index (χ2n) is 7.27. The highest BCUT2D eigenvalue weighted by molar-refractivity contribution is 6.01. The van der Waals surface area contributed by atoms with Gasteiger partial charge in [-0.05, 0) is 18.6 Å². The highest BCUT2D eigenvalue weighted by Crippen LogP contribution is 2.50. The van der Waals surface area contributed by atoms with E-state index in [2.05, 4.69) is 66.5 Å². The zero-order chi connectivity index (χ0) is 19.1. The molecule has 0 fully saturated rings. The van der Waals surface area contributed by atoms with Crippen molar-refractivity contribution in [1.82, 2.24) is 5.01 Å². The number of hydrogen-bond acceptors (Lipinski definition) is 4. The minimum absolute atomic E-state index is 0.125. The Balaban J connectivity index is 1.62. The molecule has 0 aromatic heterocycles. The van der Waals surface area contributed by atoms with Crippen LogP contribution in [0.25, 0.3) is 0 Å². The summed E-state index contributed by atoms with van der Waals surface area (Å²) in [6.45, 7) is 2.09. The van der Waals surface area contributed by atoms with Crippen LogP contribution < -0.4 is 9.47 Å². The molecule has 0 saturated heterocycles. The van der Waals surface area contributed by atoms with Crippen LogP contribution in [0, 0.1) is 6.92 Å². The lowest BCUT2D eigenvalue weighted by molar-refractivity contribution is -0.0209. The smallest absolute Gasteiger partial charge is 0.214 e. The van der Waals surface area contributed by atoms with Gasteiger partial charge in [-0.2, -0.15) is 5.10 Å². The molecule has 3 aromatic carbocycles. The predicted octanol–water partition coefficient (Wildman–Crippen LogP) is 5.25.